The van der Waals surface area contributed by atoms with Crippen LogP contribution in [0.25, 0.3) is 0 Å². The van der Waals surface area contributed by atoms with Crippen molar-refractivity contribution < 1.29 is 20.1 Å². The van der Waals surface area contributed by atoms with Gasteiger partial charge in [0.25, 0.3) is 0 Å². The Bertz CT molecular complexity index is 743. The Morgan fingerprint density at radius 1 is 1.10 bits per heavy atom. The van der Waals surface area contributed by atoms with Crippen molar-refractivity contribution in [3.63, 3.8) is 0 Å². The molecule has 0 heterocycles. The lowest BCUT2D eigenvalue weighted by Gasteiger charge is -2.14. The number of phenols is 1. The number of rotatable bonds is 12. The maximum Gasteiger partial charge on any atom is 0.121 e. The van der Waals surface area contributed by atoms with E-state index in [9.17, 15) is 15.3 Å². The molecule has 0 radical (unpaired) electrons. The van der Waals surface area contributed by atoms with E-state index >= 15 is 0 Å². The zero-order valence-electron chi connectivity index (χ0n) is 17.9. The van der Waals surface area contributed by atoms with Gasteiger partial charge in [-0.05, 0) is 61.2 Å². The second-order valence-electron chi connectivity index (χ2n) is 6.78. The van der Waals surface area contributed by atoms with Gasteiger partial charge in [-0.1, -0.05) is 37.3 Å². The van der Waals surface area contributed by atoms with Crippen molar-refractivity contribution in [2.75, 3.05) is 19.7 Å². The first-order valence-corrected chi connectivity index (χ1v) is 10.3. The number of aromatic hydroxyl groups is 1. The molecule has 0 fully saturated rings. The van der Waals surface area contributed by atoms with Crippen molar-refractivity contribution >= 4 is 0 Å². The third kappa shape index (κ3) is 9.74. The van der Waals surface area contributed by atoms with E-state index in [1.807, 2.05) is 36.4 Å². The van der Waals surface area contributed by atoms with Crippen molar-refractivity contribution in [2.24, 2.45) is 0 Å². The maximum atomic E-state index is 10.2. The summed E-state index contributed by atoms with van der Waals surface area (Å²) >= 11 is 0. The Labute approximate surface area is 180 Å². The maximum absolute atomic E-state index is 10.2. The number of aliphatic hydroxyl groups is 2. The summed E-state index contributed by atoms with van der Waals surface area (Å²) in [6.45, 7) is 10.7. The average Bonchev–Trinajstić information content (AvgIpc) is 2.78. The van der Waals surface area contributed by atoms with Crippen molar-refractivity contribution in [3.05, 3.63) is 84.5 Å². The molecular formula is C25H35NO4. The van der Waals surface area contributed by atoms with Crippen LogP contribution in [0.1, 0.15) is 42.6 Å². The Morgan fingerprint density at radius 2 is 1.80 bits per heavy atom. The first kappa shape index (κ1) is 25.4. The number of aliphatic hydroxyl groups excluding tert-OH is 2. The molecule has 0 bridgehead atoms. The molecule has 5 nitrogen and oxygen atoms in total. The van der Waals surface area contributed by atoms with Gasteiger partial charge in [0.2, 0.25) is 0 Å². The fourth-order valence-electron chi connectivity index (χ4n) is 2.54. The van der Waals surface area contributed by atoms with Gasteiger partial charge in [0.1, 0.15) is 11.5 Å². The topological polar surface area (TPSA) is 82.0 Å². The van der Waals surface area contributed by atoms with E-state index in [0.29, 0.717) is 24.3 Å². The standard InChI is InChI=1S/C21H27NO4.C4H8/c1-2-3-12-26-19-7-4-16(5-8-19)10-11-22-14-21(25)17-6-9-20(24)18(13-17)15-23;1-3-4-2/h2,4-9,13,21-25H,1,3,10-12,14-15H2;3H,1,4H2,2H3. The van der Waals surface area contributed by atoms with Crippen LogP contribution in [0.4, 0.5) is 0 Å². The van der Waals surface area contributed by atoms with Gasteiger partial charge in [-0.3, -0.25) is 0 Å². The van der Waals surface area contributed by atoms with Gasteiger partial charge < -0.3 is 25.4 Å². The molecule has 2 aromatic carbocycles. The highest BCUT2D eigenvalue weighted by Gasteiger charge is 2.10. The summed E-state index contributed by atoms with van der Waals surface area (Å²) in [5.74, 6) is 0.888. The zero-order chi connectivity index (χ0) is 22.2. The Hall–Kier alpha value is -2.60. The molecule has 0 spiro atoms. The van der Waals surface area contributed by atoms with Crippen molar-refractivity contribution in [2.45, 2.75) is 38.9 Å². The normalized spacial score (nSPS) is 11.2. The molecule has 0 aliphatic carbocycles. The summed E-state index contributed by atoms with van der Waals surface area (Å²) in [7, 11) is 0. The Balaban J connectivity index is 0.00000103. The quantitative estimate of drug-likeness (QED) is 0.308. The van der Waals surface area contributed by atoms with Crippen LogP contribution in [0.5, 0.6) is 11.5 Å². The molecular weight excluding hydrogens is 378 g/mol. The third-order valence-corrected chi connectivity index (χ3v) is 4.39. The summed E-state index contributed by atoms with van der Waals surface area (Å²) in [6, 6.07) is 12.8. The van der Waals surface area contributed by atoms with Crippen LogP contribution in [0, 0.1) is 0 Å². The van der Waals surface area contributed by atoms with Crippen LogP contribution >= 0.6 is 0 Å². The molecule has 164 valence electrons. The number of hydrogen-bond donors (Lipinski definition) is 4. The number of benzene rings is 2. The van der Waals surface area contributed by atoms with Crippen molar-refractivity contribution in [3.8, 4) is 11.5 Å². The number of allylic oxidation sites excluding steroid dienone is 1. The van der Waals surface area contributed by atoms with Crippen molar-refractivity contribution in [1.82, 2.24) is 5.32 Å². The smallest absolute Gasteiger partial charge is 0.121 e. The molecule has 2 rings (SSSR count). The largest absolute Gasteiger partial charge is 0.508 e. The van der Waals surface area contributed by atoms with E-state index in [1.165, 1.54) is 11.6 Å². The average molecular weight is 414 g/mol. The minimum absolute atomic E-state index is 0.0355. The van der Waals surface area contributed by atoms with Gasteiger partial charge >= 0.3 is 0 Å². The number of nitrogens with one attached hydrogen (secondary N) is 1. The molecule has 0 saturated carbocycles. The highest BCUT2D eigenvalue weighted by molar-refractivity contribution is 5.36. The lowest BCUT2D eigenvalue weighted by Crippen LogP contribution is -2.23. The van der Waals surface area contributed by atoms with Gasteiger partial charge in [0, 0.05) is 12.1 Å². The highest BCUT2D eigenvalue weighted by atomic mass is 16.5. The van der Waals surface area contributed by atoms with Crippen molar-refractivity contribution in [1.29, 1.82) is 0 Å². The van der Waals surface area contributed by atoms with E-state index in [4.69, 9.17) is 4.74 Å². The summed E-state index contributed by atoms with van der Waals surface area (Å²) < 4.78 is 5.58. The summed E-state index contributed by atoms with van der Waals surface area (Å²) in [4.78, 5) is 0. The molecule has 2 aromatic rings. The predicted octanol–water partition coefficient (Wildman–Crippen LogP) is 4.29. The first-order valence-electron chi connectivity index (χ1n) is 10.3. The molecule has 0 saturated heterocycles. The van der Waals surface area contributed by atoms with E-state index < -0.39 is 6.10 Å². The Morgan fingerprint density at radius 3 is 2.40 bits per heavy atom. The lowest BCUT2D eigenvalue weighted by molar-refractivity contribution is 0.174. The van der Waals surface area contributed by atoms with Gasteiger partial charge in [-0.25, -0.2) is 0 Å². The monoisotopic (exact) mass is 413 g/mol. The van der Waals surface area contributed by atoms with Crippen LogP contribution in [0.15, 0.2) is 67.8 Å². The molecule has 1 unspecified atom stereocenters. The van der Waals surface area contributed by atoms with Crippen LogP contribution in [0.2, 0.25) is 0 Å². The highest BCUT2D eigenvalue weighted by Crippen LogP contribution is 2.22. The second kappa shape index (κ2) is 15.3. The summed E-state index contributed by atoms with van der Waals surface area (Å²) in [6.07, 6.45) is 5.77. The summed E-state index contributed by atoms with van der Waals surface area (Å²) in [5, 5.41) is 32.2. The van der Waals surface area contributed by atoms with Crippen LogP contribution in [-0.2, 0) is 13.0 Å². The van der Waals surface area contributed by atoms with E-state index in [-0.39, 0.29) is 12.4 Å². The van der Waals surface area contributed by atoms with Crippen LogP contribution < -0.4 is 10.1 Å². The molecule has 4 N–H and O–H groups in total. The number of ether oxygens (including phenoxy) is 1. The minimum Gasteiger partial charge on any atom is -0.508 e. The lowest BCUT2D eigenvalue weighted by atomic mass is 10.1. The fraction of sp³-hybridized carbons (Fsp3) is 0.360. The second-order valence-corrected chi connectivity index (χ2v) is 6.78. The SMILES string of the molecule is C=CCC.C=CCCOc1ccc(CCNCC(O)c2ccc(O)c(CO)c2)cc1. The van der Waals surface area contributed by atoms with Crippen LogP contribution in [0.3, 0.4) is 0 Å². The predicted molar refractivity (Wildman–Crippen MR) is 123 cm³/mol. The Kier molecular flexibility index (Phi) is 12.9. The van der Waals surface area contributed by atoms with Gasteiger partial charge in [0.15, 0.2) is 0 Å². The van der Waals surface area contributed by atoms with Crippen LogP contribution in [-0.4, -0.2) is 35.0 Å². The van der Waals surface area contributed by atoms with Gasteiger partial charge in [0.05, 0.1) is 19.3 Å². The molecule has 0 aromatic heterocycles. The van der Waals surface area contributed by atoms with E-state index in [0.717, 1.165) is 31.6 Å². The third-order valence-electron chi connectivity index (χ3n) is 4.39. The van der Waals surface area contributed by atoms with Gasteiger partial charge in [-0.15, -0.1) is 13.2 Å². The molecule has 1 atom stereocenters. The van der Waals surface area contributed by atoms with Gasteiger partial charge in [-0.2, -0.15) is 0 Å². The molecule has 0 aliphatic rings. The van der Waals surface area contributed by atoms with E-state index in [2.05, 4.69) is 25.4 Å². The number of hydrogen-bond acceptors (Lipinski definition) is 5. The fourth-order valence-corrected chi connectivity index (χ4v) is 2.54. The summed E-state index contributed by atoms with van der Waals surface area (Å²) in [5.41, 5.74) is 2.27. The van der Waals surface area contributed by atoms with E-state index in [1.54, 1.807) is 12.1 Å². The minimum atomic E-state index is -0.693. The first-order chi connectivity index (χ1) is 14.5. The molecule has 30 heavy (non-hydrogen) atoms. The zero-order valence-corrected chi connectivity index (χ0v) is 17.9. The molecule has 0 amide bonds. The molecule has 0 aliphatic heterocycles. The molecule has 5 heteroatoms.